The topological polar surface area (TPSA) is 74.8 Å². The Morgan fingerprint density at radius 1 is 1.17 bits per heavy atom. The lowest BCUT2D eigenvalue weighted by Gasteiger charge is -2.20. The summed E-state index contributed by atoms with van der Waals surface area (Å²) in [6.45, 7) is 0. The van der Waals surface area contributed by atoms with Crippen molar-refractivity contribution < 1.29 is 4.79 Å². The normalized spacial score (nSPS) is 15.3. The van der Waals surface area contributed by atoms with Crippen LogP contribution in [0.3, 0.4) is 0 Å². The number of rotatable bonds is 4. The highest BCUT2D eigenvalue weighted by Crippen LogP contribution is 2.27. The Kier molecular flexibility index (Phi) is 4.86. The first-order valence-corrected chi connectivity index (χ1v) is 8.17. The minimum Gasteiger partial charge on any atom is -0.326 e. The molecular formula is C18H21N3O2. The second-order valence-electron chi connectivity index (χ2n) is 6.14. The molecule has 1 heterocycles. The van der Waals surface area contributed by atoms with Crippen LogP contribution in [0.25, 0.3) is 11.3 Å². The molecule has 5 heteroatoms. The van der Waals surface area contributed by atoms with Gasteiger partial charge in [-0.05, 0) is 37.0 Å². The predicted molar refractivity (Wildman–Crippen MR) is 90.1 cm³/mol. The molecule has 23 heavy (non-hydrogen) atoms. The molecule has 1 aromatic heterocycles. The fourth-order valence-electron chi connectivity index (χ4n) is 3.13. The van der Waals surface area contributed by atoms with E-state index in [0.29, 0.717) is 18.0 Å². The summed E-state index contributed by atoms with van der Waals surface area (Å²) in [5.74, 6) is 0.594. The number of H-pyrrole nitrogens is 1. The second kappa shape index (κ2) is 7.22. The Morgan fingerprint density at radius 3 is 2.74 bits per heavy atom. The summed E-state index contributed by atoms with van der Waals surface area (Å²) in [7, 11) is 0. The third-order valence-electron chi connectivity index (χ3n) is 4.32. The summed E-state index contributed by atoms with van der Waals surface area (Å²) in [6.07, 6.45) is 6.70. The molecule has 3 rings (SSSR count). The number of aromatic nitrogens is 2. The molecule has 2 aromatic rings. The van der Waals surface area contributed by atoms with Crippen molar-refractivity contribution in [2.75, 3.05) is 5.32 Å². The monoisotopic (exact) mass is 311 g/mol. The summed E-state index contributed by atoms with van der Waals surface area (Å²) < 4.78 is 0. The van der Waals surface area contributed by atoms with E-state index in [4.69, 9.17) is 0 Å². The van der Waals surface area contributed by atoms with Gasteiger partial charge in [0.2, 0.25) is 5.91 Å². The molecule has 0 radical (unpaired) electrons. The Bertz CT molecular complexity index is 713. The summed E-state index contributed by atoms with van der Waals surface area (Å²) >= 11 is 0. The number of hydrogen-bond acceptors (Lipinski definition) is 3. The number of hydrogen-bond donors (Lipinski definition) is 2. The van der Waals surface area contributed by atoms with Crippen LogP contribution in [0.2, 0.25) is 0 Å². The number of aromatic amines is 1. The van der Waals surface area contributed by atoms with Crippen molar-refractivity contribution in [1.82, 2.24) is 10.2 Å². The van der Waals surface area contributed by atoms with Gasteiger partial charge < -0.3 is 5.32 Å². The minimum absolute atomic E-state index is 0.0727. The van der Waals surface area contributed by atoms with Gasteiger partial charge in [-0.3, -0.25) is 9.59 Å². The molecule has 0 saturated heterocycles. The van der Waals surface area contributed by atoms with E-state index < -0.39 is 0 Å². The van der Waals surface area contributed by atoms with E-state index in [-0.39, 0.29) is 11.5 Å². The molecule has 1 saturated carbocycles. The molecule has 0 unspecified atom stereocenters. The molecule has 0 bridgehead atoms. The maximum absolute atomic E-state index is 12.2. The predicted octanol–water partition coefficient (Wildman–Crippen LogP) is 3.35. The highest BCUT2D eigenvalue weighted by molar-refractivity contribution is 5.91. The van der Waals surface area contributed by atoms with Crippen LogP contribution in [0.15, 0.2) is 41.2 Å². The summed E-state index contributed by atoms with van der Waals surface area (Å²) in [4.78, 5) is 23.3. The third kappa shape index (κ3) is 4.28. The third-order valence-corrected chi connectivity index (χ3v) is 4.32. The fourth-order valence-corrected chi connectivity index (χ4v) is 3.13. The maximum Gasteiger partial charge on any atom is 0.264 e. The van der Waals surface area contributed by atoms with E-state index in [1.54, 1.807) is 6.07 Å². The van der Waals surface area contributed by atoms with Crippen molar-refractivity contribution in [3.63, 3.8) is 0 Å². The SMILES string of the molecule is O=C(CC1CCCCC1)Nc1cccc(-c2ccc(=O)[nH]n2)c1. The molecule has 1 fully saturated rings. The Balaban J connectivity index is 1.66. The largest absolute Gasteiger partial charge is 0.326 e. The van der Waals surface area contributed by atoms with E-state index in [2.05, 4.69) is 15.5 Å². The zero-order chi connectivity index (χ0) is 16.1. The van der Waals surface area contributed by atoms with Crippen LogP contribution in [-0.2, 0) is 4.79 Å². The zero-order valence-electron chi connectivity index (χ0n) is 13.0. The van der Waals surface area contributed by atoms with E-state index in [0.717, 1.165) is 24.1 Å². The molecule has 5 nitrogen and oxygen atoms in total. The molecule has 0 spiro atoms. The number of carbonyl (C=O) groups is 1. The van der Waals surface area contributed by atoms with Gasteiger partial charge in [0, 0.05) is 23.7 Å². The summed E-state index contributed by atoms with van der Waals surface area (Å²) in [5.41, 5.74) is 2.06. The van der Waals surface area contributed by atoms with Gasteiger partial charge >= 0.3 is 0 Å². The van der Waals surface area contributed by atoms with Gasteiger partial charge in [0.05, 0.1) is 5.69 Å². The maximum atomic E-state index is 12.2. The molecule has 1 aliphatic rings. The number of benzene rings is 1. The first-order valence-electron chi connectivity index (χ1n) is 8.17. The van der Waals surface area contributed by atoms with Crippen LogP contribution in [0.5, 0.6) is 0 Å². The van der Waals surface area contributed by atoms with Gasteiger partial charge in [-0.25, -0.2) is 5.10 Å². The van der Waals surface area contributed by atoms with E-state index >= 15 is 0 Å². The van der Waals surface area contributed by atoms with Gasteiger partial charge in [-0.15, -0.1) is 0 Å². The van der Waals surface area contributed by atoms with Crippen molar-refractivity contribution in [3.8, 4) is 11.3 Å². The first kappa shape index (κ1) is 15.5. The number of nitrogens with one attached hydrogen (secondary N) is 2. The van der Waals surface area contributed by atoms with Gasteiger partial charge in [-0.2, -0.15) is 5.10 Å². The average molecular weight is 311 g/mol. The van der Waals surface area contributed by atoms with Crippen LogP contribution in [-0.4, -0.2) is 16.1 Å². The van der Waals surface area contributed by atoms with Gasteiger partial charge in [0.25, 0.3) is 5.56 Å². The second-order valence-corrected chi connectivity index (χ2v) is 6.14. The smallest absolute Gasteiger partial charge is 0.264 e. The van der Waals surface area contributed by atoms with Gasteiger partial charge in [-0.1, -0.05) is 31.4 Å². The average Bonchev–Trinajstić information content (AvgIpc) is 2.56. The minimum atomic E-state index is -0.231. The highest BCUT2D eigenvalue weighted by Gasteiger charge is 2.17. The molecule has 1 aromatic carbocycles. The number of anilines is 1. The molecule has 1 aliphatic carbocycles. The quantitative estimate of drug-likeness (QED) is 0.909. The van der Waals surface area contributed by atoms with Crippen molar-refractivity contribution in [1.29, 1.82) is 0 Å². The molecule has 120 valence electrons. The lowest BCUT2D eigenvalue weighted by molar-refractivity contribution is -0.117. The standard InChI is InChI=1S/C18H21N3O2/c22-17-10-9-16(20-21-17)14-7-4-8-15(12-14)19-18(23)11-13-5-2-1-3-6-13/h4,7-10,12-13H,1-3,5-6,11H2,(H,19,23)(H,21,22). The van der Waals surface area contributed by atoms with E-state index in [1.807, 2.05) is 24.3 Å². The van der Waals surface area contributed by atoms with Crippen molar-refractivity contribution in [2.24, 2.45) is 5.92 Å². The Labute approximate surface area is 135 Å². The molecular weight excluding hydrogens is 290 g/mol. The van der Waals surface area contributed by atoms with Crippen LogP contribution < -0.4 is 10.9 Å². The van der Waals surface area contributed by atoms with Gasteiger partial charge in [0.15, 0.2) is 0 Å². The lowest BCUT2D eigenvalue weighted by atomic mass is 9.87. The fraction of sp³-hybridized carbons (Fsp3) is 0.389. The first-order chi connectivity index (χ1) is 11.2. The van der Waals surface area contributed by atoms with Crippen LogP contribution in [0.4, 0.5) is 5.69 Å². The van der Waals surface area contributed by atoms with Crippen molar-refractivity contribution in [2.45, 2.75) is 38.5 Å². The number of carbonyl (C=O) groups excluding carboxylic acids is 1. The van der Waals surface area contributed by atoms with Crippen molar-refractivity contribution >= 4 is 11.6 Å². The van der Waals surface area contributed by atoms with Crippen LogP contribution in [0, 0.1) is 5.92 Å². The van der Waals surface area contributed by atoms with E-state index in [1.165, 1.54) is 25.3 Å². The molecule has 2 N–H and O–H groups in total. The summed E-state index contributed by atoms with van der Waals surface area (Å²) in [5, 5.41) is 9.40. The van der Waals surface area contributed by atoms with E-state index in [9.17, 15) is 9.59 Å². The number of amides is 1. The highest BCUT2D eigenvalue weighted by atomic mass is 16.1. The lowest BCUT2D eigenvalue weighted by Crippen LogP contribution is -2.18. The van der Waals surface area contributed by atoms with Crippen LogP contribution >= 0.6 is 0 Å². The Hall–Kier alpha value is -2.43. The van der Waals surface area contributed by atoms with Gasteiger partial charge in [0.1, 0.15) is 0 Å². The number of nitrogens with zero attached hydrogens (tertiary/aromatic N) is 1. The molecule has 0 atom stereocenters. The molecule has 1 amide bonds. The van der Waals surface area contributed by atoms with Crippen molar-refractivity contribution in [3.05, 3.63) is 46.8 Å². The van der Waals surface area contributed by atoms with Crippen LogP contribution in [0.1, 0.15) is 38.5 Å². The summed E-state index contributed by atoms with van der Waals surface area (Å²) in [6, 6.07) is 10.6. The zero-order valence-corrected chi connectivity index (χ0v) is 13.0. The Morgan fingerprint density at radius 2 is 2.00 bits per heavy atom. The molecule has 0 aliphatic heterocycles.